The van der Waals surface area contributed by atoms with Gasteiger partial charge in [-0.05, 0) is 61.7 Å². The van der Waals surface area contributed by atoms with Crippen LogP contribution in [0.5, 0.6) is 0 Å². The van der Waals surface area contributed by atoms with Gasteiger partial charge in [0.05, 0.1) is 5.41 Å². The molecule has 2 unspecified atom stereocenters. The molecule has 1 spiro atoms. The monoisotopic (exact) mass is 380 g/mol. The van der Waals surface area contributed by atoms with Crippen LogP contribution in [0.4, 0.5) is 5.69 Å². The first kappa shape index (κ1) is 17.3. The van der Waals surface area contributed by atoms with E-state index >= 15 is 0 Å². The van der Waals surface area contributed by atoms with E-state index in [9.17, 15) is 4.79 Å². The quantitative estimate of drug-likeness (QED) is 0.774. The third-order valence-electron chi connectivity index (χ3n) is 6.62. The van der Waals surface area contributed by atoms with Gasteiger partial charge in [0.2, 0.25) is 5.91 Å². The van der Waals surface area contributed by atoms with Gasteiger partial charge < -0.3 is 9.80 Å². The van der Waals surface area contributed by atoms with Gasteiger partial charge in [0, 0.05) is 29.7 Å². The Balaban J connectivity index is 1.41. The Hall–Kier alpha value is -1.84. The third kappa shape index (κ3) is 2.79. The average Bonchev–Trinajstić information content (AvgIpc) is 3.41. The molecule has 2 aliphatic heterocycles. The first-order valence-corrected chi connectivity index (χ1v) is 10.5. The smallest absolute Gasteiger partial charge is 0.238 e. The molecule has 140 valence electrons. The lowest BCUT2D eigenvalue weighted by Gasteiger charge is -2.28. The van der Waals surface area contributed by atoms with E-state index in [0.717, 1.165) is 30.2 Å². The number of fused-ring (bicyclic) bond motifs is 2. The number of carbonyl (C=O) groups is 1. The molecule has 1 saturated heterocycles. The van der Waals surface area contributed by atoms with Crippen molar-refractivity contribution < 1.29 is 4.79 Å². The van der Waals surface area contributed by atoms with Gasteiger partial charge in [-0.15, -0.1) is 0 Å². The number of amides is 1. The van der Waals surface area contributed by atoms with Gasteiger partial charge in [0.25, 0.3) is 0 Å². The number of rotatable bonds is 4. The molecule has 27 heavy (non-hydrogen) atoms. The van der Waals surface area contributed by atoms with Crippen molar-refractivity contribution in [2.75, 3.05) is 31.1 Å². The average molecular weight is 381 g/mol. The van der Waals surface area contributed by atoms with Gasteiger partial charge in [-0.25, -0.2) is 0 Å². The number of halogens is 1. The Morgan fingerprint density at radius 3 is 2.48 bits per heavy atom. The predicted molar refractivity (Wildman–Crippen MR) is 110 cm³/mol. The van der Waals surface area contributed by atoms with E-state index in [0.29, 0.717) is 5.91 Å². The number of likely N-dealkylation sites (tertiary alicyclic amines) is 1. The van der Waals surface area contributed by atoms with Crippen LogP contribution in [-0.4, -0.2) is 37.0 Å². The highest BCUT2D eigenvalue weighted by Crippen LogP contribution is 2.66. The predicted octanol–water partition coefficient (Wildman–Crippen LogP) is 4.60. The summed E-state index contributed by atoms with van der Waals surface area (Å²) in [6.45, 7) is 4.11. The van der Waals surface area contributed by atoms with E-state index in [4.69, 9.17) is 11.6 Å². The fourth-order valence-electron chi connectivity index (χ4n) is 5.09. The summed E-state index contributed by atoms with van der Waals surface area (Å²) in [5, 5.41) is 0.745. The second kappa shape index (κ2) is 6.65. The van der Waals surface area contributed by atoms with Crippen molar-refractivity contribution in [3.8, 4) is 0 Å². The van der Waals surface area contributed by atoms with Gasteiger partial charge in [-0.2, -0.15) is 0 Å². The summed E-state index contributed by atoms with van der Waals surface area (Å²) in [7, 11) is 0. The van der Waals surface area contributed by atoms with Crippen molar-refractivity contribution in [3.63, 3.8) is 0 Å². The van der Waals surface area contributed by atoms with Gasteiger partial charge in [0.1, 0.15) is 0 Å². The first-order valence-electron chi connectivity index (χ1n) is 10.1. The van der Waals surface area contributed by atoms with Crippen LogP contribution in [0.2, 0.25) is 5.02 Å². The molecule has 1 saturated carbocycles. The highest BCUT2D eigenvalue weighted by molar-refractivity contribution is 6.30. The summed E-state index contributed by atoms with van der Waals surface area (Å²) in [6.07, 6.45) is 4.82. The molecule has 2 aromatic carbocycles. The van der Waals surface area contributed by atoms with E-state index in [2.05, 4.69) is 46.2 Å². The third-order valence-corrected chi connectivity index (χ3v) is 6.88. The normalized spacial score (nSPS) is 27.2. The molecule has 4 heteroatoms. The van der Waals surface area contributed by atoms with E-state index in [1.54, 1.807) is 0 Å². The van der Waals surface area contributed by atoms with Crippen LogP contribution in [-0.2, 0) is 10.2 Å². The van der Waals surface area contributed by atoms with E-state index < -0.39 is 0 Å². The number of hydrogen-bond acceptors (Lipinski definition) is 2. The second-order valence-corrected chi connectivity index (χ2v) is 8.59. The number of benzene rings is 2. The van der Waals surface area contributed by atoms with Crippen molar-refractivity contribution in [1.82, 2.24) is 4.90 Å². The van der Waals surface area contributed by atoms with Gasteiger partial charge in [-0.1, -0.05) is 48.4 Å². The molecule has 2 aromatic rings. The van der Waals surface area contributed by atoms with Crippen molar-refractivity contribution >= 4 is 23.2 Å². The lowest BCUT2D eigenvalue weighted by atomic mass is 9.92. The molecule has 0 radical (unpaired) electrons. The minimum atomic E-state index is -0.355. The van der Waals surface area contributed by atoms with Crippen LogP contribution in [0.1, 0.15) is 42.7 Å². The first-order chi connectivity index (χ1) is 13.2. The summed E-state index contributed by atoms with van der Waals surface area (Å²) in [6, 6.07) is 16.4. The van der Waals surface area contributed by atoms with E-state index in [-0.39, 0.29) is 11.3 Å². The molecule has 1 amide bonds. The number of carbonyl (C=O) groups excluding carboxylic acids is 1. The maximum Gasteiger partial charge on any atom is 0.238 e. The van der Waals surface area contributed by atoms with Crippen molar-refractivity contribution in [3.05, 3.63) is 64.7 Å². The van der Waals surface area contributed by atoms with Gasteiger partial charge in [-0.3, -0.25) is 4.79 Å². The molecule has 2 fully saturated rings. The summed E-state index contributed by atoms with van der Waals surface area (Å²) < 4.78 is 0. The van der Waals surface area contributed by atoms with Crippen molar-refractivity contribution in [2.24, 2.45) is 0 Å². The Labute approximate surface area is 165 Å². The Kier molecular flexibility index (Phi) is 4.25. The largest absolute Gasteiger partial charge is 0.310 e. The number of para-hydroxylation sites is 1. The minimum absolute atomic E-state index is 0.267. The second-order valence-electron chi connectivity index (χ2n) is 8.16. The molecule has 3 nitrogen and oxygen atoms in total. The molecular weight excluding hydrogens is 356 g/mol. The highest BCUT2D eigenvalue weighted by Gasteiger charge is 2.66. The van der Waals surface area contributed by atoms with Crippen LogP contribution in [0.3, 0.4) is 0 Å². The molecule has 2 atom stereocenters. The Morgan fingerprint density at radius 2 is 1.70 bits per heavy atom. The van der Waals surface area contributed by atoms with E-state index in [1.807, 2.05) is 12.1 Å². The molecule has 5 rings (SSSR count). The molecule has 0 aromatic heterocycles. The zero-order valence-corrected chi connectivity index (χ0v) is 16.3. The molecule has 0 bridgehead atoms. The SMILES string of the molecule is O=C1N(CCN2CCCCC2)c2ccccc2C12CC2c1ccc(Cl)cc1. The highest BCUT2D eigenvalue weighted by atomic mass is 35.5. The zero-order chi connectivity index (χ0) is 18.4. The molecule has 0 N–H and O–H groups in total. The van der Waals surface area contributed by atoms with Crippen molar-refractivity contribution in [2.45, 2.75) is 37.0 Å². The number of hydrogen-bond donors (Lipinski definition) is 0. The summed E-state index contributed by atoms with van der Waals surface area (Å²) in [5.41, 5.74) is 3.21. The summed E-state index contributed by atoms with van der Waals surface area (Å²) in [4.78, 5) is 18.1. The molecular formula is C23H25ClN2O. The summed E-state index contributed by atoms with van der Waals surface area (Å²) in [5.74, 6) is 0.559. The fourth-order valence-corrected chi connectivity index (χ4v) is 5.22. The van der Waals surface area contributed by atoms with E-state index in [1.165, 1.54) is 43.5 Å². The van der Waals surface area contributed by atoms with Crippen LogP contribution in [0, 0.1) is 0 Å². The van der Waals surface area contributed by atoms with Crippen LogP contribution in [0.15, 0.2) is 48.5 Å². The lowest BCUT2D eigenvalue weighted by molar-refractivity contribution is -0.120. The van der Waals surface area contributed by atoms with Crippen LogP contribution < -0.4 is 4.90 Å². The lowest BCUT2D eigenvalue weighted by Crippen LogP contribution is -2.41. The standard InChI is InChI=1S/C23H25ClN2O/c24-18-10-8-17(9-11-18)20-16-23(20)19-6-2-3-7-21(19)26(22(23)27)15-14-25-12-4-1-5-13-25/h2-3,6-11,20H,1,4-5,12-16H2. The fraction of sp³-hybridized carbons (Fsp3) is 0.435. The van der Waals surface area contributed by atoms with Crippen LogP contribution in [0.25, 0.3) is 0 Å². The molecule has 2 heterocycles. The van der Waals surface area contributed by atoms with Gasteiger partial charge >= 0.3 is 0 Å². The number of piperidine rings is 1. The van der Waals surface area contributed by atoms with Crippen LogP contribution >= 0.6 is 11.6 Å². The minimum Gasteiger partial charge on any atom is -0.310 e. The maximum atomic E-state index is 13.6. The van der Waals surface area contributed by atoms with Gasteiger partial charge in [0.15, 0.2) is 0 Å². The number of nitrogens with zero attached hydrogens (tertiary/aromatic N) is 2. The summed E-state index contributed by atoms with van der Waals surface area (Å²) >= 11 is 6.06. The molecule has 1 aliphatic carbocycles. The van der Waals surface area contributed by atoms with Crippen molar-refractivity contribution in [1.29, 1.82) is 0 Å². The molecule has 3 aliphatic rings. The zero-order valence-electron chi connectivity index (χ0n) is 15.5. The maximum absolute atomic E-state index is 13.6. The number of anilines is 1. The topological polar surface area (TPSA) is 23.6 Å². The Bertz CT molecular complexity index is 859. The Morgan fingerprint density at radius 1 is 0.963 bits per heavy atom.